The number of H-pyrrole nitrogens is 2. The average Bonchev–Trinajstić information content (AvgIpc) is 3.04. The number of nitrogens with zero attached hydrogens (tertiary/aromatic N) is 4. The molecule has 12 heteroatoms. The van der Waals surface area contributed by atoms with Crippen molar-refractivity contribution in [1.82, 2.24) is 29.9 Å². The smallest absolute Gasteiger partial charge is 0.289 e. The molecular formula is C12H10F3N7O2. The summed E-state index contributed by atoms with van der Waals surface area (Å²) >= 11 is 0. The molecule has 24 heavy (non-hydrogen) atoms. The van der Waals surface area contributed by atoms with Gasteiger partial charge in [-0.05, 0) is 13.0 Å². The molecule has 3 aromatic rings. The van der Waals surface area contributed by atoms with E-state index < -0.39 is 29.4 Å². The van der Waals surface area contributed by atoms with Crippen LogP contribution in [0.15, 0.2) is 10.9 Å². The minimum Gasteiger partial charge on any atom is -0.289 e. The second kappa shape index (κ2) is 5.18. The van der Waals surface area contributed by atoms with Crippen LogP contribution in [0.2, 0.25) is 0 Å². The summed E-state index contributed by atoms with van der Waals surface area (Å²) in [6.45, 7) is 1.61. The number of hydrogen-bond donors (Lipinski definition) is 3. The molecular weight excluding hydrogens is 331 g/mol. The Bertz CT molecular complexity index is 998. The largest absolute Gasteiger partial charge is 0.451 e. The van der Waals surface area contributed by atoms with E-state index in [1.54, 1.807) is 19.1 Å². The molecule has 0 saturated carbocycles. The van der Waals surface area contributed by atoms with Crippen molar-refractivity contribution < 1.29 is 18.0 Å². The highest BCUT2D eigenvalue weighted by Gasteiger charge is 2.35. The number of carbonyl (C=O) groups excluding carboxylic acids is 1. The first-order valence-electron chi connectivity index (χ1n) is 6.54. The predicted octanol–water partition coefficient (Wildman–Crippen LogP) is 0.959. The van der Waals surface area contributed by atoms with Crippen molar-refractivity contribution in [2.45, 2.75) is 13.1 Å². The molecule has 3 heterocycles. The zero-order valence-corrected chi connectivity index (χ0v) is 12.3. The van der Waals surface area contributed by atoms with Gasteiger partial charge in [0.2, 0.25) is 11.8 Å². The fraction of sp³-hybridized carbons (Fsp3) is 0.250. The van der Waals surface area contributed by atoms with E-state index in [1.807, 2.05) is 0 Å². The van der Waals surface area contributed by atoms with Gasteiger partial charge in [0, 0.05) is 12.7 Å². The number of anilines is 1. The van der Waals surface area contributed by atoms with Gasteiger partial charge in [0.05, 0.1) is 10.9 Å². The minimum atomic E-state index is -4.72. The SMILES string of the molecule is Cc1cc(C(=O)Nc2n[nH]c(C(F)(F)F)n2)c2c(=O)[nH]n(C)c2n1. The third kappa shape index (κ3) is 2.61. The van der Waals surface area contributed by atoms with Crippen LogP contribution < -0.4 is 10.9 Å². The van der Waals surface area contributed by atoms with Crippen LogP contribution in [0.1, 0.15) is 21.9 Å². The van der Waals surface area contributed by atoms with Crippen LogP contribution in [-0.2, 0) is 13.2 Å². The molecule has 0 fully saturated rings. The fourth-order valence-corrected chi connectivity index (χ4v) is 2.18. The molecule has 0 bridgehead atoms. The molecule has 0 radical (unpaired) electrons. The van der Waals surface area contributed by atoms with Gasteiger partial charge in [0.1, 0.15) is 0 Å². The highest BCUT2D eigenvalue weighted by atomic mass is 19.4. The van der Waals surface area contributed by atoms with Crippen LogP contribution >= 0.6 is 0 Å². The Hall–Kier alpha value is -3.18. The lowest BCUT2D eigenvalue weighted by molar-refractivity contribution is -0.144. The Morgan fingerprint density at radius 2 is 2.04 bits per heavy atom. The average molecular weight is 341 g/mol. The number of rotatable bonds is 2. The lowest BCUT2D eigenvalue weighted by Gasteiger charge is -2.04. The number of nitrogens with one attached hydrogen (secondary N) is 3. The Morgan fingerprint density at radius 3 is 2.67 bits per heavy atom. The van der Waals surface area contributed by atoms with Gasteiger partial charge in [-0.1, -0.05) is 0 Å². The van der Waals surface area contributed by atoms with Gasteiger partial charge in [-0.15, -0.1) is 5.10 Å². The van der Waals surface area contributed by atoms with Gasteiger partial charge in [-0.25, -0.2) is 4.98 Å². The molecule has 0 saturated heterocycles. The Balaban J connectivity index is 2.00. The maximum absolute atomic E-state index is 12.5. The lowest BCUT2D eigenvalue weighted by atomic mass is 10.1. The first-order chi connectivity index (χ1) is 11.2. The molecule has 3 rings (SSSR count). The number of alkyl halides is 3. The number of aromatic amines is 2. The molecule has 3 aromatic heterocycles. The van der Waals surface area contributed by atoms with Crippen molar-refractivity contribution in [3.05, 3.63) is 33.5 Å². The van der Waals surface area contributed by atoms with Crippen molar-refractivity contribution in [3.63, 3.8) is 0 Å². The van der Waals surface area contributed by atoms with Crippen LogP contribution in [0.25, 0.3) is 11.0 Å². The molecule has 0 aliphatic heterocycles. The topological polar surface area (TPSA) is 121 Å². The number of carbonyl (C=O) groups is 1. The summed E-state index contributed by atoms with van der Waals surface area (Å²) < 4.78 is 38.8. The number of hydrogen-bond acceptors (Lipinski definition) is 5. The van der Waals surface area contributed by atoms with Gasteiger partial charge >= 0.3 is 6.18 Å². The van der Waals surface area contributed by atoms with Crippen LogP contribution in [0, 0.1) is 6.92 Å². The van der Waals surface area contributed by atoms with Crippen molar-refractivity contribution in [3.8, 4) is 0 Å². The molecule has 1 amide bonds. The van der Waals surface area contributed by atoms with E-state index in [1.165, 1.54) is 10.7 Å². The van der Waals surface area contributed by atoms with Gasteiger partial charge in [0.25, 0.3) is 11.5 Å². The van der Waals surface area contributed by atoms with Gasteiger partial charge in [0.15, 0.2) is 5.65 Å². The van der Waals surface area contributed by atoms with Crippen molar-refractivity contribution >= 4 is 22.9 Å². The van der Waals surface area contributed by atoms with Gasteiger partial charge < -0.3 is 0 Å². The van der Waals surface area contributed by atoms with Crippen LogP contribution in [0.5, 0.6) is 0 Å². The summed E-state index contributed by atoms with van der Waals surface area (Å²) in [7, 11) is 1.54. The monoisotopic (exact) mass is 341 g/mol. The Labute approximate surface area is 130 Å². The molecule has 9 nitrogen and oxygen atoms in total. The zero-order valence-electron chi connectivity index (χ0n) is 12.3. The molecule has 0 aliphatic carbocycles. The van der Waals surface area contributed by atoms with Crippen LogP contribution in [0.3, 0.4) is 0 Å². The summed E-state index contributed by atoms with van der Waals surface area (Å²) in [4.78, 5) is 31.6. The maximum Gasteiger partial charge on any atom is 0.451 e. The third-order valence-electron chi connectivity index (χ3n) is 3.17. The van der Waals surface area contributed by atoms with E-state index >= 15 is 0 Å². The molecule has 3 N–H and O–H groups in total. The second-order valence-corrected chi connectivity index (χ2v) is 4.97. The number of amides is 1. The summed E-state index contributed by atoms with van der Waals surface area (Å²) in [6, 6.07) is 1.35. The van der Waals surface area contributed by atoms with Crippen molar-refractivity contribution in [2.75, 3.05) is 5.32 Å². The highest BCUT2D eigenvalue weighted by Crippen LogP contribution is 2.26. The fourth-order valence-electron chi connectivity index (χ4n) is 2.18. The van der Waals surface area contributed by atoms with Crippen LogP contribution in [-0.4, -0.2) is 35.9 Å². The quantitative estimate of drug-likeness (QED) is 0.641. The number of aryl methyl sites for hydroxylation is 2. The van der Waals surface area contributed by atoms with E-state index in [2.05, 4.69) is 25.5 Å². The summed E-state index contributed by atoms with van der Waals surface area (Å²) in [6.07, 6.45) is -4.72. The maximum atomic E-state index is 12.5. The van der Waals surface area contributed by atoms with Crippen molar-refractivity contribution in [1.29, 1.82) is 0 Å². The molecule has 0 aromatic carbocycles. The number of aromatic nitrogens is 6. The summed E-state index contributed by atoms with van der Waals surface area (Å²) in [5.74, 6) is -2.72. The van der Waals surface area contributed by atoms with Crippen LogP contribution in [0.4, 0.5) is 19.1 Å². The van der Waals surface area contributed by atoms with Gasteiger partial charge in [-0.2, -0.15) is 18.2 Å². The highest BCUT2D eigenvalue weighted by molar-refractivity contribution is 6.11. The normalized spacial score (nSPS) is 11.9. The second-order valence-electron chi connectivity index (χ2n) is 4.97. The molecule has 0 aliphatic rings. The zero-order chi connectivity index (χ0) is 17.6. The molecule has 0 spiro atoms. The standard InChI is InChI=1S/C12H10F3N7O2/c1-4-3-5(6-7(16-4)22(2)21-9(6)24)8(23)17-11-18-10(19-20-11)12(13,14)15/h3H,1-2H3,(H,21,24)(H2,17,18,19,20,23). The Kier molecular flexibility index (Phi) is 3.39. The van der Waals surface area contributed by atoms with E-state index in [0.717, 1.165) is 0 Å². The lowest BCUT2D eigenvalue weighted by Crippen LogP contribution is -2.16. The van der Waals surface area contributed by atoms with E-state index in [-0.39, 0.29) is 16.6 Å². The van der Waals surface area contributed by atoms with Gasteiger partial charge in [-0.3, -0.25) is 29.8 Å². The third-order valence-corrected chi connectivity index (χ3v) is 3.17. The molecule has 0 unspecified atom stereocenters. The number of fused-ring (bicyclic) bond motifs is 1. The van der Waals surface area contributed by atoms with E-state index in [9.17, 15) is 22.8 Å². The minimum absolute atomic E-state index is 0.0205. The number of halogens is 3. The van der Waals surface area contributed by atoms with Crippen molar-refractivity contribution in [2.24, 2.45) is 7.05 Å². The number of pyridine rings is 1. The molecule has 126 valence electrons. The molecule has 0 atom stereocenters. The Morgan fingerprint density at radius 1 is 1.33 bits per heavy atom. The first-order valence-corrected chi connectivity index (χ1v) is 6.54. The van der Waals surface area contributed by atoms with E-state index in [4.69, 9.17) is 0 Å². The predicted molar refractivity (Wildman–Crippen MR) is 75.4 cm³/mol. The summed E-state index contributed by atoms with van der Waals surface area (Å²) in [5.41, 5.74) is 0.109. The first kappa shape index (κ1) is 15.7. The summed E-state index contributed by atoms with van der Waals surface area (Å²) in [5, 5.41) is 9.57. The van der Waals surface area contributed by atoms with E-state index in [0.29, 0.717) is 5.69 Å².